The van der Waals surface area contributed by atoms with Crippen LogP contribution in [-0.2, 0) is 0 Å². The van der Waals surface area contributed by atoms with Crippen molar-refractivity contribution in [1.29, 1.82) is 0 Å². The molecular formula is C21H24N2O4. The highest BCUT2D eigenvalue weighted by molar-refractivity contribution is 5.87. The SMILES string of the molecule is CCNc1cc(OC)c(OC)cc1-c1ccc2cc(OC)c(OC)cc2n1. The van der Waals surface area contributed by atoms with Crippen molar-refractivity contribution in [3.63, 3.8) is 0 Å². The number of aromatic nitrogens is 1. The average Bonchev–Trinajstić information content (AvgIpc) is 2.72. The number of anilines is 1. The number of benzene rings is 2. The maximum atomic E-state index is 5.47. The molecule has 0 amide bonds. The van der Waals surface area contributed by atoms with Crippen LogP contribution in [0.15, 0.2) is 36.4 Å². The van der Waals surface area contributed by atoms with E-state index in [4.69, 9.17) is 23.9 Å². The largest absolute Gasteiger partial charge is 0.493 e. The van der Waals surface area contributed by atoms with E-state index in [0.29, 0.717) is 23.0 Å². The minimum atomic E-state index is 0.647. The monoisotopic (exact) mass is 368 g/mol. The van der Waals surface area contributed by atoms with Gasteiger partial charge in [-0.15, -0.1) is 0 Å². The van der Waals surface area contributed by atoms with Crippen molar-refractivity contribution in [2.45, 2.75) is 6.92 Å². The van der Waals surface area contributed by atoms with Gasteiger partial charge in [0.15, 0.2) is 23.0 Å². The van der Waals surface area contributed by atoms with Crippen LogP contribution in [0.5, 0.6) is 23.0 Å². The lowest BCUT2D eigenvalue weighted by molar-refractivity contribution is 0.355. The number of pyridine rings is 1. The van der Waals surface area contributed by atoms with Gasteiger partial charge in [-0.3, -0.25) is 0 Å². The summed E-state index contributed by atoms with van der Waals surface area (Å²) in [7, 11) is 6.49. The Hall–Kier alpha value is -3.15. The van der Waals surface area contributed by atoms with Crippen molar-refractivity contribution < 1.29 is 18.9 Å². The zero-order valence-corrected chi connectivity index (χ0v) is 16.3. The fourth-order valence-electron chi connectivity index (χ4n) is 3.03. The summed E-state index contributed by atoms with van der Waals surface area (Å²) in [5, 5.41) is 4.34. The molecule has 1 aromatic heterocycles. The Morgan fingerprint density at radius 2 is 1.37 bits per heavy atom. The van der Waals surface area contributed by atoms with E-state index < -0.39 is 0 Å². The van der Waals surface area contributed by atoms with Crippen LogP contribution in [0, 0.1) is 0 Å². The molecule has 0 bridgehead atoms. The van der Waals surface area contributed by atoms with Gasteiger partial charge in [0.05, 0.1) is 39.6 Å². The van der Waals surface area contributed by atoms with E-state index in [1.165, 1.54) is 0 Å². The molecule has 0 aliphatic rings. The summed E-state index contributed by atoms with van der Waals surface area (Å²) in [5.74, 6) is 2.65. The molecule has 0 aliphatic heterocycles. The van der Waals surface area contributed by atoms with Crippen LogP contribution in [0.2, 0.25) is 0 Å². The van der Waals surface area contributed by atoms with Crippen LogP contribution in [0.1, 0.15) is 6.92 Å². The molecule has 27 heavy (non-hydrogen) atoms. The Morgan fingerprint density at radius 1 is 0.778 bits per heavy atom. The second-order valence-corrected chi connectivity index (χ2v) is 5.88. The highest BCUT2D eigenvalue weighted by Gasteiger charge is 2.15. The first-order valence-electron chi connectivity index (χ1n) is 8.68. The summed E-state index contributed by atoms with van der Waals surface area (Å²) < 4.78 is 21.7. The first-order valence-corrected chi connectivity index (χ1v) is 8.68. The molecule has 0 saturated carbocycles. The second-order valence-electron chi connectivity index (χ2n) is 5.88. The molecule has 0 unspecified atom stereocenters. The van der Waals surface area contributed by atoms with Gasteiger partial charge in [0.1, 0.15) is 0 Å². The number of rotatable bonds is 7. The van der Waals surface area contributed by atoms with E-state index in [2.05, 4.69) is 5.32 Å². The molecule has 0 atom stereocenters. The fourth-order valence-corrected chi connectivity index (χ4v) is 3.03. The van der Waals surface area contributed by atoms with Gasteiger partial charge in [-0.1, -0.05) is 6.07 Å². The lowest BCUT2D eigenvalue weighted by atomic mass is 10.1. The predicted octanol–water partition coefficient (Wildman–Crippen LogP) is 4.37. The molecule has 1 heterocycles. The van der Waals surface area contributed by atoms with E-state index in [1.54, 1.807) is 28.4 Å². The molecule has 3 aromatic rings. The zero-order valence-electron chi connectivity index (χ0n) is 16.3. The van der Waals surface area contributed by atoms with Crippen molar-refractivity contribution in [2.24, 2.45) is 0 Å². The van der Waals surface area contributed by atoms with Crippen molar-refractivity contribution in [3.05, 3.63) is 36.4 Å². The van der Waals surface area contributed by atoms with Crippen LogP contribution in [0.3, 0.4) is 0 Å². The summed E-state index contributed by atoms with van der Waals surface area (Å²) in [6.07, 6.45) is 0. The zero-order chi connectivity index (χ0) is 19.4. The van der Waals surface area contributed by atoms with Crippen molar-refractivity contribution in [2.75, 3.05) is 40.3 Å². The number of methoxy groups -OCH3 is 4. The van der Waals surface area contributed by atoms with E-state index >= 15 is 0 Å². The second kappa shape index (κ2) is 8.03. The standard InChI is InChI=1S/C21H24N2O4/c1-6-22-17-12-21(27-5)19(25-3)10-14(17)15-8-7-13-9-18(24-2)20(26-4)11-16(13)23-15/h7-12,22H,6H2,1-5H3. The van der Waals surface area contributed by atoms with Gasteiger partial charge >= 0.3 is 0 Å². The number of hydrogen-bond donors (Lipinski definition) is 1. The number of hydrogen-bond acceptors (Lipinski definition) is 6. The minimum absolute atomic E-state index is 0.647. The van der Waals surface area contributed by atoms with Gasteiger partial charge in [0.25, 0.3) is 0 Å². The first kappa shape index (κ1) is 18.6. The van der Waals surface area contributed by atoms with Gasteiger partial charge in [-0.05, 0) is 25.1 Å². The summed E-state index contributed by atoms with van der Waals surface area (Å²) >= 11 is 0. The van der Waals surface area contributed by atoms with Crippen molar-refractivity contribution >= 4 is 16.6 Å². The first-order chi connectivity index (χ1) is 13.1. The minimum Gasteiger partial charge on any atom is -0.493 e. The summed E-state index contributed by atoms with van der Waals surface area (Å²) in [4.78, 5) is 4.83. The molecule has 0 spiro atoms. The molecule has 0 fully saturated rings. The quantitative estimate of drug-likeness (QED) is 0.668. The van der Waals surface area contributed by atoms with Crippen molar-refractivity contribution in [1.82, 2.24) is 4.98 Å². The number of nitrogens with zero attached hydrogens (tertiary/aromatic N) is 1. The Balaban J connectivity index is 2.18. The normalized spacial score (nSPS) is 10.6. The Morgan fingerprint density at radius 3 is 2.00 bits per heavy atom. The van der Waals surface area contributed by atoms with Crippen LogP contribution in [-0.4, -0.2) is 40.0 Å². The number of nitrogens with one attached hydrogen (secondary N) is 1. The Kier molecular flexibility index (Phi) is 5.54. The van der Waals surface area contributed by atoms with Gasteiger partial charge in [-0.25, -0.2) is 4.98 Å². The molecule has 2 aromatic carbocycles. The van der Waals surface area contributed by atoms with Crippen LogP contribution in [0.4, 0.5) is 5.69 Å². The smallest absolute Gasteiger partial charge is 0.162 e. The van der Waals surface area contributed by atoms with E-state index in [0.717, 1.165) is 34.4 Å². The molecule has 3 rings (SSSR count). The lowest BCUT2D eigenvalue weighted by Crippen LogP contribution is -2.02. The summed E-state index contributed by atoms with van der Waals surface area (Å²) in [6.45, 7) is 2.83. The van der Waals surface area contributed by atoms with Gasteiger partial charge in [-0.2, -0.15) is 0 Å². The third kappa shape index (κ3) is 3.56. The molecule has 0 saturated heterocycles. The van der Waals surface area contributed by atoms with Crippen LogP contribution >= 0.6 is 0 Å². The maximum Gasteiger partial charge on any atom is 0.162 e. The third-order valence-corrected chi connectivity index (χ3v) is 4.36. The van der Waals surface area contributed by atoms with E-state index in [9.17, 15) is 0 Å². The van der Waals surface area contributed by atoms with Crippen LogP contribution < -0.4 is 24.3 Å². The molecule has 142 valence electrons. The Bertz CT molecular complexity index is 957. The Labute approximate surface area is 159 Å². The van der Waals surface area contributed by atoms with Gasteiger partial charge in [0, 0.05) is 35.3 Å². The number of fused-ring (bicyclic) bond motifs is 1. The van der Waals surface area contributed by atoms with E-state index in [-0.39, 0.29) is 0 Å². The lowest BCUT2D eigenvalue weighted by Gasteiger charge is -2.16. The highest BCUT2D eigenvalue weighted by atomic mass is 16.5. The molecule has 6 heteroatoms. The predicted molar refractivity (Wildman–Crippen MR) is 108 cm³/mol. The number of ether oxygens (including phenoxy) is 4. The third-order valence-electron chi connectivity index (χ3n) is 4.36. The highest BCUT2D eigenvalue weighted by Crippen LogP contribution is 2.39. The molecule has 0 aliphatic carbocycles. The molecule has 0 radical (unpaired) electrons. The summed E-state index contributed by atoms with van der Waals surface area (Å²) in [6, 6.07) is 11.7. The maximum absolute atomic E-state index is 5.47. The fraction of sp³-hybridized carbons (Fsp3) is 0.286. The van der Waals surface area contributed by atoms with E-state index in [1.807, 2.05) is 43.3 Å². The molecule has 6 nitrogen and oxygen atoms in total. The summed E-state index contributed by atoms with van der Waals surface area (Å²) in [5.41, 5.74) is 3.52. The topological polar surface area (TPSA) is 61.8 Å². The molecule has 1 N–H and O–H groups in total. The van der Waals surface area contributed by atoms with Crippen LogP contribution in [0.25, 0.3) is 22.2 Å². The van der Waals surface area contributed by atoms with Crippen molar-refractivity contribution in [3.8, 4) is 34.3 Å². The van der Waals surface area contributed by atoms with Gasteiger partial charge < -0.3 is 24.3 Å². The average molecular weight is 368 g/mol. The molecular weight excluding hydrogens is 344 g/mol. The van der Waals surface area contributed by atoms with Gasteiger partial charge in [0.2, 0.25) is 0 Å².